The molecule has 1 saturated heterocycles. The van der Waals surface area contributed by atoms with Gasteiger partial charge in [0.1, 0.15) is 11.3 Å². The molecule has 3 aromatic rings. The van der Waals surface area contributed by atoms with E-state index in [1.165, 1.54) is 4.90 Å². The van der Waals surface area contributed by atoms with Gasteiger partial charge >= 0.3 is 0 Å². The number of methoxy groups -OCH3 is 1. The van der Waals surface area contributed by atoms with Gasteiger partial charge in [0.2, 0.25) is 0 Å². The standard InChI is InChI=1S/C25H23N3O3S/c1-15-5-6-20(11-16(15)2)28-24(30)22(23(29)26-25(28)32)13-18-12-17(3)27(14-18)19-7-9-21(31-4)10-8-19/h5-14H,1-4H3,(H,26,29,32)/b22-13-. The first-order valence-corrected chi connectivity index (χ1v) is 10.5. The van der Waals surface area contributed by atoms with Gasteiger partial charge in [-0.1, -0.05) is 6.07 Å². The summed E-state index contributed by atoms with van der Waals surface area (Å²) in [4.78, 5) is 27.2. The van der Waals surface area contributed by atoms with E-state index in [4.69, 9.17) is 17.0 Å². The Labute approximate surface area is 192 Å². The number of carbonyl (C=O) groups is 2. The Morgan fingerprint density at radius 2 is 1.62 bits per heavy atom. The number of aromatic nitrogens is 1. The Morgan fingerprint density at radius 1 is 0.938 bits per heavy atom. The molecule has 1 aliphatic heterocycles. The highest BCUT2D eigenvalue weighted by Crippen LogP contribution is 2.25. The maximum absolute atomic E-state index is 13.3. The minimum Gasteiger partial charge on any atom is -0.497 e. The van der Waals surface area contributed by atoms with Crippen LogP contribution in [-0.4, -0.2) is 28.6 Å². The van der Waals surface area contributed by atoms with Gasteiger partial charge in [0.05, 0.1) is 12.8 Å². The normalized spacial score (nSPS) is 15.3. The van der Waals surface area contributed by atoms with Crippen LogP contribution in [0.3, 0.4) is 0 Å². The number of nitrogens with one attached hydrogen (secondary N) is 1. The molecule has 1 fully saturated rings. The van der Waals surface area contributed by atoms with E-state index in [1.54, 1.807) is 13.2 Å². The van der Waals surface area contributed by atoms with Crippen LogP contribution in [0.4, 0.5) is 5.69 Å². The fourth-order valence-corrected chi connectivity index (χ4v) is 3.90. The second-order valence-corrected chi connectivity index (χ2v) is 8.10. The highest BCUT2D eigenvalue weighted by molar-refractivity contribution is 7.80. The molecule has 0 radical (unpaired) electrons. The van der Waals surface area contributed by atoms with Crippen LogP contribution in [0.1, 0.15) is 22.4 Å². The molecule has 2 aromatic carbocycles. The van der Waals surface area contributed by atoms with Gasteiger partial charge in [-0.25, -0.2) is 0 Å². The lowest BCUT2D eigenvalue weighted by Crippen LogP contribution is -2.54. The van der Waals surface area contributed by atoms with E-state index >= 15 is 0 Å². The summed E-state index contributed by atoms with van der Waals surface area (Å²) in [5.74, 6) is -0.181. The van der Waals surface area contributed by atoms with Crippen LogP contribution in [0.5, 0.6) is 5.75 Å². The van der Waals surface area contributed by atoms with E-state index in [2.05, 4.69) is 5.32 Å². The molecule has 6 nitrogen and oxygen atoms in total. The molecular formula is C25H23N3O3S. The highest BCUT2D eigenvalue weighted by Gasteiger charge is 2.34. The van der Waals surface area contributed by atoms with E-state index in [0.29, 0.717) is 5.69 Å². The second-order valence-electron chi connectivity index (χ2n) is 7.71. The van der Waals surface area contributed by atoms with Crippen LogP contribution in [0.25, 0.3) is 11.8 Å². The Bertz CT molecular complexity index is 1270. The average molecular weight is 446 g/mol. The molecule has 0 atom stereocenters. The SMILES string of the molecule is COc1ccc(-n2cc(/C=C3/C(=O)NC(=S)N(c4ccc(C)c(C)c4)C3=O)cc2C)cc1. The quantitative estimate of drug-likeness (QED) is 0.371. The van der Waals surface area contributed by atoms with Gasteiger partial charge in [-0.2, -0.15) is 0 Å². The van der Waals surface area contributed by atoms with E-state index in [9.17, 15) is 9.59 Å². The number of thiocarbonyl (C=S) groups is 1. The maximum Gasteiger partial charge on any atom is 0.270 e. The molecule has 7 heteroatoms. The van der Waals surface area contributed by atoms with Crippen molar-refractivity contribution in [2.45, 2.75) is 20.8 Å². The molecule has 0 saturated carbocycles. The van der Waals surface area contributed by atoms with Crippen molar-refractivity contribution in [2.75, 3.05) is 12.0 Å². The highest BCUT2D eigenvalue weighted by atomic mass is 32.1. The molecule has 0 aliphatic carbocycles. The zero-order valence-corrected chi connectivity index (χ0v) is 19.1. The number of nitrogens with zero attached hydrogens (tertiary/aromatic N) is 2. The van der Waals surface area contributed by atoms with Crippen molar-refractivity contribution >= 4 is 40.9 Å². The third-order valence-electron chi connectivity index (χ3n) is 5.55. The van der Waals surface area contributed by atoms with Gasteiger partial charge in [-0.15, -0.1) is 0 Å². The van der Waals surface area contributed by atoms with Crippen LogP contribution < -0.4 is 15.0 Å². The van der Waals surface area contributed by atoms with Gasteiger partial charge in [-0.05, 0) is 98.2 Å². The lowest BCUT2D eigenvalue weighted by molar-refractivity contribution is -0.122. The van der Waals surface area contributed by atoms with E-state index in [-0.39, 0.29) is 10.7 Å². The van der Waals surface area contributed by atoms with Gasteiger partial charge in [0.15, 0.2) is 5.11 Å². The van der Waals surface area contributed by atoms with Crippen molar-refractivity contribution in [1.82, 2.24) is 9.88 Å². The fourth-order valence-electron chi connectivity index (χ4n) is 3.62. The van der Waals surface area contributed by atoms with Crippen molar-refractivity contribution in [3.05, 3.63) is 82.7 Å². The number of rotatable bonds is 4. The Balaban J connectivity index is 1.69. The minimum atomic E-state index is -0.505. The number of aryl methyl sites for hydroxylation is 3. The van der Waals surface area contributed by atoms with Crippen LogP contribution in [0, 0.1) is 20.8 Å². The predicted molar refractivity (Wildman–Crippen MR) is 129 cm³/mol. The summed E-state index contributed by atoms with van der Waals surface area (Å²) in [6.07, 6.45) is 3.48. The van der Waals surface area contributed by atoms with Crippen molar-refractivity contribution in [2.24, 2.45) is 0 Å². The molecule has 4 rings (SSSR count). The number of carbonyl (C=O) groups excluding carboxylic acids is 2. The molecule has 2 amide bonds. The zero-order chi connectivity index (χ0) is 23.0. The van der Waals surface area contributed by atoms with Gasteiger partial charge in [0.25, 0.3) is 11.8 Å². The lowest BCUT2D eigenvalue weighted by atomic mass is 10.1. The van der Waals surface area contributed by atoms with Crippen molar-refractivity contribution < 1.29 is 14.3 Å². The first kappa shape index (κ1) is 21.5. The molecular weight excluding hydrogens is 422 g/mol. The van der Waals surface area contributed by atoms with Gasteiger partial charge in [0, 0.05) is 17.6 Å². The topological polar surface area (TPSA) is 63.6 Å². The summed E-state index contributed by atoms with van der Waals surface area (Å²) in [6, 6.07) is 15.2. The van der Waals surface area contributed by atoms with E-state index < -0.39 is 11.8 Å². The Kier molecular flexibility index (Phi) is 5.67. The molecule has 1 aliphatic rings. The second kappa shape index (κ2) is 8.43. The first-order valence-electron chi connectivity index (χ1n) is 10.1. The van der Waals surface area contributed by atoms with Crippen LogP contribution in [0.2, 0.25) is 0 Å². The predicted octanol–water partition coefficient (Wildman–Crippen LogP) is 4.24. The molecule has 32 heavy (non-hydrogen) atoms. The largest absolute Gasteiger partial charge is 0.497 e. The fraction of sp³-hybridized carbons (Fsp3) is 0.160. The van der Waals surface area contributed by atoms with Gasteiger partial charge < -0.3 is 9.30 Å². The summed E-state index contributed by atoms with van der Waals surface area (Å²) >= 11 is 5.30. The number of hydrogen-bond acceptors (Lipinski definition) is 4. The average Bonchev–Trinajstić information content (AvgIpc) is 3.13. The third-order valence-corrected chi connectivity index (χ3v) is 5.83. The zero-order valence-electron chi connectivity index (χ0n) is 18.3. The van der Waals surface area contributed by atoms with E-state index in [1.807, 2.05) is 80.1 Å². The maximum atomic E-state index is 13.3. The molecule has 1 aromatic heterocycles. The lowest BCUT2D eigenvalue weighted by Gasteiger charge is -2.29. The molecule has 162 valence electrons. The minimum absolute atomic E-state index is 0.0312. The monoisotopic (exact) mass is 445 g/mol. The number of hydrogen-bond donors (Lipinski definition) is 1. The van der Waals surface area contributed by atoms with E-state index in [0.717, 1.165) is 33.8 Å². The van der Waals surface area contributed by atoms with Crippen molar-refractivity contribution in [1.29, 1.82) is 0 Å². The van der Waals surface area contributed by atoms with Crippen LogP contribution >= 0.6 is 12.2 Å². The Hall–Kier alpha value is -3.71. The number of ether oxygens (including phenoxy) is 1. The third kappa shape index (κ3) is 3.94. The van der Waals surface area contributed by atoms with Crippen molar-refractivity contribution in [3.63, 3.8) is 0 Å². The number of benzene rings is 2. The van der Waals surface area contributed by atoms with Crippen molar-refractivity contribution in [3.8, 4) is 11.4 Å². The molecule has 2 heterocycles. The summed E-state index contributed by atoms with van der Waals surface area (Å²) < 4.78 is 7.21. The van der Waals surface area contributed by atoms with Gasteiger partial charge in [-0.3, -0.25) is 19.8 Å². The smallest absolute Gasteiger partial charge is 0.270 e. The summed E-state index contributed by atoms with van der Waals surface area (Å²) in [5.41, 5.74) is 5.46. The van der Waals surface area contributed by atoms with Crippen LogP contribution in [0.15, 0.2) is 60.3 Å². The Morgan fingerprint density at radius 3 is 2.28 bits per heavy atom. The van der Waals surface area contributed by atoms with Crippen LogP contribution in [-0.2, 0) is 9.59 Å². The summed E-state index contributed by atoms with van der Waals surface area (Å²) in [7, 11) is 1.62. The first-order chi connectivity index (χ1) is 15.3. The number of amides is 2. The summed E-state index contributed by atoms with van der Waals surface area (Å²) in [6.45, 7) is 5.93. The molecule has 1 N–H and O–H groups in total. The molecule has 0 bridgehead atoms. The summed E-state index contributed by atoms with van der Waals surface area (Å²) in [5, 5.41) is 2.71. The molecule has 0 unspecified atom stereocenters. The number of anilines is 1. The molecule has 0 spiro atoms.